The van der Waals surface area contributed by atoms with Crippen LogP contribution < -0.4 is 10.6 Å². The summed E-state index contributed by atoms with van der Waals surface area (Å²) in [5, 5.41) is 14.0. The third-order valence-electron chi connectivity index (χ3n) is 2.30. The molecule has 2 amide bonds. The number of aromatic nitrogens is 1. The van der Waals surface area contributed by atoms with E-state index in [0.29, 0.717) is 12.2 Å². The molecule has 8 heteroatoms. The molecule has 0 fully saturated rings. The Kier molecular flexibility index (Phi) is 4.70. The number of carboxylic acids is 1. The van der Waals surface area contributed by atoms with E-state index in [0.717, 1.165) is 8.66 Å². The smallest absolute Gasteiger partial charge is 0.337 e. The number of carbonyl (C=O) groups excluding carboxylic acids is 1. The van der Waals surface area contributed by atoms with Crippen molar-refractivity contribution in [2.24, 2.45) is 0 Å². The van der Waals surface area contributed by atoms with Crippen LogP contribution in [0, 0.1) is 0 Å². The first-order chi connectivity index (χ1) is 9.54. The first-order valence-corrected chi connectivity index (χ1v) is 7.13. The molecule has 0 aliphatic rings. The van der Waals surface area contributed by atoms with Crippen molar-refractivity contribution < 1.29 is 14.7 Å². The second kappa shape index (κ2) is 6.49. The van der Waals surface area contributed by atoms with Gasteiger partial charge < -0.3 is 15.7 Å². The minimum Gasteiger partial charge on any atom is -0.478 e. The van der Waals surface area contributed by atoms with Crippen molar-refractivity contribution in [1.82, 2.24) is 10.3 Å². The fourth-order valence-corrected chi connectivity index (χ4v) is 2.84. The van der Waals surface area contributed by atoms with E-state index in [1.807, 2.05) is 12.1 Å². The molecule has 0 aliphatic heterocycles. The molecule has 0 spiro atoms. The van der Waals surface area contributed by atoms with Crippen LogP contribution in [0.4, 0.5) is 10.5 Å². The van der Waals surface area contributed by atoms with E-state index >= 15 is 0 Å². The molecular weight excluding hydrogens is 346 g/mol. The summed E-state index contributed by atoms with van der Waals surface area (Å²) in [5.74, 6) is -1.09. The summed E-state index contributed by atoms with van der Waals surface area (Å²) in [5.41, 5.74) is 0.347. The Morgan fingerprint density at radius 1 is 1.35 bits per heavy atom. The highest BCUT2D eigenvalue weighted by atomic mass is 79.9. The van der Waals surface area contributed by atoms with Crippen LogP contribution in [0.25, 0.3) is 0 Å². The van der Waals surface area contributed by atoms with Crippen LogP contribution >= 0.6 is 27.3 Å². The quantitative estimate of drug-likeness (QED) is 0.786. The third kappa shape index (κ3) is 4.04. The molecule has 0 saturated heterocycles. The van der Waals surface area contributed by atoms with Gasteiger partial charge in [0.05, 0.1) is 27.8 Å². The van der Waals surface area contributed by atoms with Crippen LogP contribution in [-0.4, -0.2) is 22.1 Å². The van der Waals surface area contributed by atoms with Gasteiger partial charge in [0.25, 0.3) is 0 Å². The molecule has 0 atom stereocenters. The van der Waals surface area contributed by atoms with Crippen molar-refractivity contribution in [1.29, 1.82) is 0 Å². The number of nitrogens with one attached hydrogen (secondary N) is 2. The molecule has 6 nitrogen and oxygen atoms in total. The average molecular weight is 356 g/mol. The molecule has 104 valence electrons. The topological polar surface area (TPSA) is 91.3 Å². The summed E-state index contributed by atoms with van der Waals surface area (Å²) in [6, 6.07) is 4.73. The Labute approximate surface area is 127 Å². The molecule has 0 bridgehead atoms. The number of carboxylic acid groups (broad SMARTS) is 1. The molecule has 2 rings (SSSR count). The Balaban J connectivity index is 1.91. The number of rotatable bonds is 4. The predicted molar refractivity (Wildman–Crippen MR) is 79.1 cm³/mol. The summed E-state index contributed by atoms with van der Waals surface area (Å²) in [6.07, 6.45) is 2.60. The first kappa shape index (κ1) is 14.5. The Hall–Kier alpha value is -1.93. The Morgan fingerprint density at radius 2 is 2.15 bits per heavy atom. The number of aromatic carboxylic acids is 1. The van der Waals surface area contributed by atoms with E-state index in [1.165, 1.54) is 29.8 Å². The predicted octanol–water partition coefficient (Wildman–Crippen LogP) is 2.93. The molecule has 3 N–H and O–H groups in total. The van der Waals surface area contributed by atoms with Gasteiger partial charge in [-0.1, -0.05) is 0 Å². The summed E-state index contributed by atoms with van der Waals surface area (Å²) in [7, 11) is 0. The minimum atomic E-state index is -1.09. The lowest BCUT2D eigenvalue weighted by Gasteiger charge is -2.06. The van der Waals surface area contributed by atoms with Crippen LogP contribution in [0.1, 0.15) is 15.2 Å². The van der Waals surface area contributed by atoms with Gasteiger partial charge in [-0.15, -0.1) is 11.3 Å². The van der Waals surface area contributed by atoms with Gasteiger partial charge in [0.2, 0.25) is 0 Å². The highest BCUT2D eigenvalue weighted by Crippen LogP contribution is 2.21. The Morgan fingerprint density at radius 3 is 2.80 bits per heavy atom. The first-order valence-electron chi connectivity index (χ1n) is 5.52. The maximum Gasteiger partial charge on any atom is 0.337 e. The monoisotopic (exact) mass is 355 g/mol. The van der Waals surface area contributed by atoms with Gasteiger partial charge in [-0.3, -0.25) is 4.98 Å². The molecule has 0 radical (unpaired) electrons. The summed E-state index contributed by atoms with van der Waals surface area (Å²) >= 11 is 4.87. The lowest BCUT2D eigenvalue weighted by atomic mass is 10.3. The number of pyridine rings is 1. The van der Waals surface area contributed by atoms with Gasteiger partial charge in [-0.2, -0.15) is 0 Å². The summed E-state index contributed by atoms with van der Waals surface area (Å²) in [4.78, 5) is 27.2. The number of urea groups is 1. The van der Waals surface area contributed by atoms with Crippen LogP contribution in [0.2, 0.25) is 0 Å². The van der Waals surface area contributed by atoms with Gasteiger partial charge in [0.1, 0.15) is 0 Å². The summed E-state index contributed by atoms with van der Waals surface area (Å²) < 4.78 is 0.994. The number of hydrogen-bond acceptors (Lipinski definition) is 4. The molecule has 0 unspecified atom stereocenters. The molecule has 20 heavy (non-hydrogen) atoms. The van der Waals surface area contributed by atoms with E-state index in [1.54, 1.807) is 0 Å². The SMILES string of the molecule is O=C(NCc1ccc(Br)s1)Nc1cncc(C(=O)O)c1. The zero-order valence-electron chi connectivity index (χ0n) is 10.1. The molecular formula is C12H10BrN3O3S. The van der Waals surface area contributed by atoms with Gasteiger partial charge in [0, 0.05) is 11.1 Å². The number of carbonyl (C=O) groups is 2. The van der Waals surface area contributed by atoms with Crippen molar-refractivity contribution in [3.8, 4) is 0 Å². The number of nitrogens with zero attached hydrogens (tertiary/aromatic N) is 1. The molecule has 0 aliphatic carbocycles. The lowest BCUT2D eigenvalue weighted by molar-refractivity contribution is 0.0696. The normalized spacial score (nSPS) is 10.1. The van der Waals surface area contributed by atoms with E-state index in [4.69, 9.17) is 5.11 Å². The minimum absolute atomic E-state index is 0.0185. The van der Waals surface area contributed by atoms with Crippen molar-refractivity contribution in [3.05, 3.63) is 44.8 Å². The average Bonchev–Trinajstić information content (AvgIpc) is 2.82. The zero-order valence-corrected chi connectivity index (χ0v) is 12.5. The van der Waals surface area contributed by atoms with E-state index in [9.17, 15) is 9.59 Å². The molecule has 2 aromatic heterocycles. The van der Waals surface area contributed by atoms with Gasteiger partial charge in [-0.05, 0) is 34.1 Å². The summed E-state index contributed by atoms with van der Waals surface area (Å²) in [6.45, 7) is 0.397. The fraction of sp³-hybridized carbons (Fsp3) is 0.0833. The van der Waals surface area contributed by atoms with Gasteiger partial charge in [0.15, 0.2) is 0 Å². The maximum absolute atomic E-state index is 11.7. The molecule has 0 aromatic carbocycles. The third-order valence-corrected chi connectivity index (χ3v) is 3.92. The van der Waals surface area contributed by atoms with Crippen LogP contribution in [0.3, 0.4) is 0 Å². The Bertz CT molecular complexity index is 644. The van der Waals surface area contributed by atoms with Crippen molar-refractivity contribution in [2.45, 2.75) is 6.54 Å². The van der Waals surface area contributed by atoms with E-state index < -0.39 is 12.0 Å². The highest BCUT2D eigenvalue weighted by molar-refractivity contribution is 9.11. The van der Waals surface area contributed by atoms with Crippen LogP contribution in [-0.2, 0) is 6.54 Å². The van der Waals surface area contributed by atoms with Crippen molar-refractivity contribution in [3.63, 3.8) is 0 Å². The van der Waals surface area contributed by atoms with Crippen molar-refractivity contribution in [2.75, 3.05) is 5.32 Å². The van der Waals surface area contributed by atoms with E-state index in [-0.39, 0.29) is 5.56 Å². The molecule has 0 saturated carbocycles. The van der Waals surface area contributed by atoms with Crippen LogP contribution in [0.15, 0.2) is 34.4 Å². The zero-order chi connectivity index (χ0) is 14.5. The van der Waals surface area contributed by atoms with Crippen LogP contribution in [0.5, 0.6) is 0 Å². The molecule has 2 aromatic rings. The number of halogens is 1. The number of amides is 2. The second-order valence-electron chi connectivity index (χ2n) is 3.78. The van der Waals surface area contributed by atoms with E-state index in [2.05, 4.69) is 31.5 Å². The fourth-order valence-electron chi connectivity index (χ4n) is 1.41. The van der Waals surface area contributed by atoms with Gasteiger partial charge >= 0.3 is 12.0 Å². The van der Waals surface area contributed by atoms with Gasteiger partial charge in [-0.25, -0.2) is 9.59 Å². The van der Waals surface area contributed by atoms with Crippen molar-refractivity contribution >= 4 is 45.0 Å². The largest absolute Gasteiger partial charge is 0.478 e. The molecule has 2 heterocycles. The number of hydrogen-bond donors (Lipinski definition) is 3. The standard InChI is InChI=1S/C12H10BrN3O3S/c13-10-2-1-9(20-10)6-15-12(19)16-8-3-7(11(17)18)4-14-5-8/h1-5H,6H2,(H,17,18)(H2,15,16,19). The maximum atomic E-state index is 11.7. The lowest BCUT2D eigenvalue weighted by Crippen LogP contribution is -2.28. The highest BCUT2D eigenvalue weighted by Gasteiger charge is 2.07. The number of anilines is 1. The number of thiophene rings is 1. The second-order valence-corrected chi connectivity index (χ2v) is 6.33.